The van der Waals surface area contributed by atoms with Crippen molar-refractivity contribution in [1.29, 1.82) is 0 Å². The fourth-order valence-electron chi connectivity index (χ4n) is 0.462. The molecular formula is C9H16O2. The van der Waals surface area contributed by atoms with Crippen molar-refractivity contribution in [3.63, 3.8) is 0 Å². The first-order chi connectivity index (χ1) is 4.95. The third-order valence-corrected chi connectivity index (χ3v) is 0.992. The van der Waals surface area contributed by atoms with E-state index in [0.717, 1.165) is 0 Å². The average molecular weight is 156 g/mol. The molecule has 2 N–H and O–H groups in total. The highest BCUT2D eigenvalue weighted by molar-refractivity contribution is 4.95. The molecule has 0 saturated heterocycles. The molecule has 0 saturated carbocycles. The Bertz CT molecular complexity index is 159. The molecule has 0 spiro atoms. The zero-order chi connectivity index (χ0) is 8.91. The molecule has 1 atom stereocenters. The molecule has 0 aliphatic rings. The second kappa shape index (κ2) is 4.35. The molecule has 0 aliphatic heterocycles. The van der Waals surface area contributed by atoms with E-state index in [4.69, 9.17) is 10.2 Å². The Morgan fingerprint density at radius 1 is 1.45 bits per heavy atom. The third kappa shape index (κ3) is 7.34. The Balaban J connectivity index is 4.01. The topological polar surface area (TPSA) is 40.5 Å². The summed E-state index contributed by atoms with van der Waals surface area (Å²) in [5, 5.41) is 17.3. The highest BCUT2D eigenvalue weighted by Gasteiger charge is 2.02. The maximum absolute atomic E-state index is 8.87. The summed E-state index contributed by atoms with van der Waals surface area (Å²) in [5.41, 5.74) is 2.89. The van der Waals surface area contributed by atoms with Gasteiger partial charge in [0.2, 0.25) is 0 Å². The molecule has 11 heavy (non-hydrogen) atoms. The van der Waals surface area contributed by atoms with Crippen LogP contribution in [0, 0.1) is 5.41 Å². The number of aliphatic hydroxyl groups excluding tert-OH is 2. The van der Waals surface area contributed by atoms with Crippen LogP contribution < -0.4 is 0 Å². The summed E-state index contributed by atoms with van der Waals surface area (Å²) in [4.78, 5) is 0. The van der Waals surface area contributed by atoms with Gasteiger partial charge in [0, 0.05) is 0 Å². The van der Waals surface area contributed by atoms with E-state index in [0.29, 0.717) is 0 Å². The first-order valence-corrected chi connectivity index (χ1v) is 3.68. The molecule has 0 radical (unpaired) electrons. The molecule has 0 heterocycles. The van der Waals surface area contributed by atoms with Gasteiger partial charge in [0.1, 0.15) is 6.10 Å². The van der Waals surface area contributed by atoms with Crippen LogP contribution in [0.3, 0.4) is 0 Å². The van der Waals surface area contributed by atoms with Crippen LogP contribution in [0.15, 0.2) is 17.9 Å². The largest absolute Gasteiger partial charge is 0.393 e. The molecular weight excluding hydrogens is 140 g/mol. The normalized spacial score (nSPS) is 13.5. The molecule has 0 amide bonds. The van der Waals surface area contributed by atoms with Crippen LogP contribution in [0.1, 0.15) is 20.8 Å². The van der Waals surface area contributed by atoms with Crippen LogP contribution in [0.2, 0.25) is 0 Å². The van der Waals surface area contributed by atoms with Crippen molar-refractivity contribution in [3.8, 4) is 0 Å². The third-order valence-electron chi connectivity index (χ3n) is 0.992. The summed E-state index contributed by atoms with van der Waals surface area (Å²) in [5.74, 6) is 0. The molecule has 1 unspecified atom stereocenters. The Morgan fingerprint density at radius 3 is 2.36 bits per heavy atom. The second-order valence-corrected chi connectivity index (χ2v) is 3.59. The van der Waals surface area contributed by atoms with E-state index in [1.54, 1.807) is 0 Å². The van der Waals surface area contributed by atoms with Gasteiger partial charge < -0.3 is 10.2 Å². The summed E-state index contributed by atoms with van der Waals surface area (Å²) in [6.45, 7) is 5.88. The van der Waals surface area contributed by atoms with Crippen molar-refractivity contribution in [2.45, 2.75) is 26.9 Å². The Hall–Kier alpha value is -0.560. The minimum atomic E-state index is -0.784. The molecule has 2 nitrogen and oxygen atoms in total. The van der Waals surface area contributed by atoms with Crippen LogP contribution in [-0.2, 0) is 0 Å². The lowest BCUT2D eigenvalue weighted by Crippen LogP contribution is -2.06. The van der Waals surface area contributed by atoms with Crippen LogP contribution in [-0.4, -0.2) is 22.9 Å². The quantitative estimate of drug-likeness (QED) is 0.588. The lowest BCUT2D eigenvalue weighted by Gasteiger charge is -2.08. The van der Waals surface area contributed by atoms with Crippen LogP contribution in [0.25, 0.3) is 0 Å². The van der Waals surface area contributed by atoms with Gasteiger partial charge in [-0.3, -0.25) is 0 Å². The number of rotatable bonds is 2. The van der Waals surface area contributed by atoms with Gasteiger partial charge in [-0.05, 0) is 17.6 Å². The summed E-state index contributed by atoms with van der Waals surface area (Å²) in [6.07, 6.45) is 2.52. The van der Waals surface area contributed by atoms with Gasteiger partial charge in [0.15, 0.2) is 0 Å². The predicted molar refractivity (Wildman–Crippen MR) is 45.2 cm³/mol. The molecule has 0 aromatic rings. The first kappa shape index (κ1) is 10.4. The van der Waals surface area contributed by atoms with Gasteiger partial charge in [0.25, 0.3) is 0 Å². The SMILES string of the molecule is CC(C)(C)C=C=CC(O)CO. The predicted octanol–water partition coefficient (Wildman–Crippen LogP) is 1.10. The molecule has 2 heteroatoms. The molecule has 64 valence electrons. The fraction of sp³-hybridized carbons (Fsp3) is 0.667. The van der Waals surface area contributed by atoms with Crippen molar-refractivity contribution in [1.82, 2.24) is 0 Å². The monoisotopic (exact) mass is 156 g/mol. The van der Waals surface area contributed by atoms with E-state index >= 15 is 0 Å². The maximum Gasteiger partial charge on any atom is 0.102 e. The van der Waals surface area contributed by atoms with Gasteiger partial charge in [-0.2, -0.15) is 0 Å². The first-order valence-electron chi connectivity index (χ1n) is 3.68. The minimum absolute atomic E-state index is 0.0751. The second-order valence-electron chi connectivity index (χ2n) is 3.59. The highest BCUT2D eigenvalue weighted by atomic mass is 16.3. The van der Waals surface area contributed by atoms with Crippen molar-refractivity contribution < 1.29 is 10.2 Å². The zero-order valence-corrected chi connectivity index (χ0v) is 7.33. The summed E-state index contributed by atoms with van der Waals surface area (Å²) < 4.78 is 0. The van der Waals surface area contributed by atoms with Crippen molar-refractivity contribution in [2.24, 2.45) is 5.41 Å². The number of hydrogen-bond donors (Lipinski definition) is 2. The molecule has 0 fully saturated rings. The highest BCUT2D eigenvalue weighted by Crippen LogP contribution is 2.13. The molecule has 0 aromatic carbocycles. The van der Waals surface area contributed by atoms with E-state index < -0.39 is 6.10 Å². The van der Waals surface area contributed by atoms with Crippen LogP contribution in [0.5, 0.6) is 0 Å². The smallest absolute Gasteiger partial charge is 0.102 e. The molecule has 0 bridgehead atoms. The van der Waals surface area contributed by atoms with E-state index in [2.05, 4.69) is 5.73 Å². The van der Waals surface area contributed by atoms with Gasteiger partial charge in [-0.15, -0.1) is 5.73 Å². The van der Waals surface area contributed by atoms with Crippen molar-refractivity contribution in [2.75, 3.05) is 6.61 Å². The standard InChI is InChI=1S/C9H16O2/c1-9(2,3)6-4-5-8(11)7-10/h5-6,8,10-11H,7H2,1-3H3. The number of aliphatic hydroxyl groups is 2. The van der Waals surface area contributed by atoms with Gasteiger partial charge in [-0.25, -0.2) is 0 Å². The van der Waals surface area contributed by atoms with E-state index in [1.165, 1.54) is 6.08 Å². The fourth-order valence-corrected chi connectivity index (χ4v) is 0.462. The van der Waals surface area contributed by atoms with Gasteiger partial charge in [0.05, 0.1) is 6.61 Å². The zero-order valence-electron chi connectivity index (χ0n) is 7.33. The van der Waals surface area contributed by atoms with Crippen LogP contribution in [0.4, 0.5) is 0 Å². The molecule has 0 rings (SSSR count). The molecule has 0 aliphatic carbocycles. The Kier molecular flexibility index (Phi) is 4.12. The molecule has 0 aromatic heterocycles. The van der Waals surface area contributed by atoms with Gasteiger partial charge >= 0.3 is 0 Å². The van der Waals surface area contributed by atoms with Crippen LogP contribution >= 0.6 is 0 Å². The average Bonchev–Trinajstić information content (AvgIpc) is 1.85. The lowest BCUT2D eigenvalue weighted by atomic mass is 9.97. The lowest BCUT2D eigenvalue weighted by molar-refractivity contribution is 0.131. The van der Waals surface area contributed by atoms with Gasteiger partial charge in [-0.1, -0.05) is 20.8 Å². The number of hydrogen-bond acceptors (Lipinski definition) is 2. The van der Waals surface area contributed by atoms with E-state index in [9.17, 15) is 0 Å². The summed E-state index contributed by atoms with van der Waals surface area (Å²) in [7, 11) is 0. The minimum Gasteiger partial charge on any atom is -0.393 e. The van der Waals surface area contributed by atoms with E-state index in [1.807, 2.05) is 26.8 Å². The van der Waals surface area contributed by atoms with Crippen molar-refractivity contribution in [3.05, 3.63) is 17.9 Å². The Labute approximate surface area is 67.9 Å². The van der Waals surface area contributed by atoms with Crippen molar-refractivity contribution >= 4 is 0 Å². The summed E-state index contributed by atoms with van der Waals surface area (Å²) in [6, 6.07) is 0. The Morgan fingerprint density at radius 2 is 2.00 bits per heavy atom. The van der Waals surface area contributed by atoms with E-state index in [-0.39, 0.29) is 12.0 Å². The maximum atomic E-state index is 8.87. The summed E-state index contributed by atoms with van der Waals surface area (Å²) >= 11 is 0.